The van der Waals surface area contributed by atoms with Crippen molar-refractivity contribution in [3.05, 3.63) is 36.0 Å². The Labute approximate surface area is 118 Å². The van der Waals surface area contributed by atoms with Crippen molar-refractivity contribution in [2.45, 2.75) is 31.9 Å². The van der Waals surface area contributed by atoms with Crippen molar-refractivity contribution in [3.8, 4) is 11.3 Å². The van der Waals surface area contributed by atoms with Crippen LogP contribution < -0.4 is 5.32 Å². The molecule has 0 bridgehead atoms. The zero-order chi connectivity index (χ0) is 13.8. The van der Waals surface area contributed by atoms with Crippen LogP contribution >= 0.6 is 0 Å². The van der Waals surface area contributed by atoms with Crippen LogP contribution in [0.3, 0.4) is 0 Å². The fourth-order valence-electron chi connectivity index (χ4n) is 2.83. The maximum Gasteiger partial charge on any atom is 0.117 e. The molecule has 2 aromatic rings. The van der Waals surface area contributed by atoms with Gasteiger partial charge >= 0.3 is 0 Å². The van der Waals surface area contributed by atoms with Gasteiger partial charge in [-0.25, -0.2) is 0 Å². The molecule has 1 aliphatic carbocycles. The van der Waals surface area contributed by atoms with Gasteiger partial charge in [0.1, 0.15) is 11.4 Å². The van der Waals surface area contributed by atoms with E-state index in [0.29, 0.717) is 12.5 Å². The SMILES string of the molecule is OC1CCC(CNCc2n[nH]nc2-c2ccccc2)C1. The van der Waals surface area contributed by atoms with Crippen molar-refractivity contribution in [1.29, 1.82) is 0 Å². The highest BCUT2D eigenvalue weighted by molar-refractivity contribution is 5.60. The van der Waals surface area contributed by atoms with E-state index in [2.05, 4.69) is 20.7 Å². The Morgan fingerprint density at radius 2 is 2.05 bits per heavy atom. The first-order valence-corrected chi connectivity index (χ1v) is 7.17. The van der Waals surface area contributed by atoms with Crippen molar-refractivity contribution in [2.75, 3.05) is 6.54 Å². The summed E-state index contributed by atoms with van der Waals surface area (Å²) in [6, 6.07) is 10.1. The van der Waals surface area contributed by atoms with Crippen LogP contribution in [0.15, 0.2) is 30.3 Å². The van der Waals surface area contributed by atoms with Gasteiger partial charge in [0.15, 0.2) is 0 Å². The first kappa shape index (κ1) is 13.3. The van der Waals surface area contributed by atoms with Gasteiger partial charge in [-0.3, -0.25) is 0 Å². The molecule has 20 heavy (non-hydrogen) atoms. The molecule has 1 aromatic heterocycles. The third kappa shape index (κ3) is 3.05. The highest BCUT2D eigenvalue weighted by Crippen LogP contribution is 2.25. The first-order valence-electron chi connectivity index (χ1n) is 7.17. The predicted molar refractivity (Wildman–Crippen MR) is 76.9 cm³/mol. The lowest BCUT2D eigenvalue weighted by molar-refractivity contribution is 0.177. The Hall–Kier alpha value is -1.72. The summed E-state index contributed by atoms with van der Waals surface area (Å²) in [5.74, 6) is 0.581. The molecule has 0 aliphatic heterocycles. The number of rotatable bonds is 5. The molecule has 1 saturated carbocycles. The van der Waals surface area contributed by atoms with E-state index in [0.717, 1.165) is 42.8 Å². The quantitative estimate of drug-likeness (QED) is 0.775. The summed E-state index contributed by atoms with van der Waals surface area (Å²) in [5, 5.41) is 24.1. The maximum atomic E-state index is 9.52. The van der Waals surface area contributed by atoms with Gasteiger partial charge in [-0.05, 0) is 31.7 Å². The second kappa shape index (κ2) is 6.15. The van der Waals surface area contributed by atoms with Gasteiger partial charge in [0, 0.05) is 12.1 Å². The number of nitrogens with zero attached hydrogens (tertiary/aromatic N) is 2. The van der Waals surface area contributed by atoms with Crippen molar-refractivity contribution < 1.29 is 5.11 Å². The average Bonchev–Trinajstić information content (AvgIpc) is 3.09. The topological polar surface area (TPSA) is 73.8 Å². The van der Waals surface area contributed by atoms with Crippen molar-refractivity contribution in [2.24, 2.45) is 5.92 Å². The van der Waals surface area contributed by atoms with Crippen molar-refractivity contribution in [3.63, 3.8) is 0 Å². The summed E-state index contributed by atoms with van der Waals surface area (Å²) in [7, 11) is 0. The van der Waals surface area contributed by atoms with Crippen molar-refractivity contribution >= 4 is 0 Å². The number of aromatic amines is 1. The molecule has 1 aromatic carbocycles. The average molecular weight is 272 g/mol. The van der Waals surface area contributed by atoms with E-state index in [9.17, 15) is 5.11 Å². The normalized spacial score (nSPS) is 22.2. The molecule has 3 N–H and O–H groups in total. The summed E-state index contributed by atoms with van der Waals surface area (Å²) in [6.07, 6.45) is 2.86. The number of nitrogens with one attached hydrogen (secondary N) is 2. The summed E-state index contributed by atoms with van der Waals surface area (Å²) < 4.78 is 0. The number of H-pyrrole nitrogens is 1. The van der Waals surface area contributed by atoms with Crippen LogP contribution in [0.4, 0.5) is 0 Å². The Morgan fingerprint density at radius 1 is 1.20 bits per heavy atom. The first-order chi connectivity index (χ1) is 9.83. The smallest absolute Gasteiger partial charge is 0.117 e. The minimum Gasteiger partial charge on any atom is -0.393 e. The molecular weight excluding hydrogens is 252 g/mol. The van der Waals surface area contributed by atoms with E-state index in [1.165, 1.54) is 0 Å². The molecule has 2 unspecified atom stereocenters. The van der Waals surface area contributed by atoms with E-state index < -0.39 is 0 Å². The molecule has 5 nitrogen and oxygen atoms in total. The minimum absolute atomic E-state index is 0.103. The molecule has 1 fully saturated rings. The molecule has 3 rings (SSSR count). The van der Waals surface area contributed by atoms with Crippen LogP contribution in [-0.4, -0.2) is 33.2 Å². The third-order valence-electron chi connectivity index (χ3n) is 3.91. The Balaban J connectivity index is 1.57. The van der Waals surface area contributed by atoms with Gasteiger partial charge in [-0.2, -0.15) is 15.4 Å². The fourth-order valence-corrected chi connectivity index (χ4v) is 2.83. The molecule has 5 heteroatoms. The minimum atomic E-state index is -0.103. The van der Waals surface area contributed by atoms with E-state index in [1.54, 1.807) is 0 Å². The predicted octanol–water partition coefficient (Wildman–Crippen LogP) is 1.72. The molecule has 0 spiro atoms. The van der Waals surface area contributed by atoms with E-state index in [4.69, 9.17) is 0 Å². The molecule has 106 valence electrons. The Bertz CT molecular complexity index is 540. The van der Waals surface area contributed by atoms with Crippen LogP contribution in [0.5, 0.6) is 0 Å². The number of hydrogen-bond acceptors (Lipinski definition) is 4. The van der Waals surface area contributed by atoms with Gasteiger partial charge < -0.3 is 10.4 Å². The van der Waals surface area contributed by atoms with Crippen LogP contribution in [0.2, 0.25) is 0 Å². The molecule has 0 radical (unpaired) electrons. The third-order valence-corrected chi connectivity index (χ3v) is 3.91. The van der Waals surface area contributed by atoms with Crippen LogP contribution in [0, 0.1) is 5.92 Å². The molecule has 2 atom stereocenters. The van der Waals surface area contributed by atoms with Gasteiger partial charge in [-0.15, -0.1) is 0 Å². The lowest BCUT2D eigenvalue weighted by Gasteiger charge is -2.10. The zero-order valence-corrected chi connectivity index (χ0v) is 11.4. The lowest BCUT2D eigenvalue weighted by atomic mass is 10.1. The van der Waals surface area contributed by atoms with Crippen LogP contribution in [0.1, 0.15) is 25.0 Å². The van der Waals surface area contributed by atoms with E-state index in [1.807, 2.05) is 30.3 Å². The second-order valence-corrected chi connectivity index (χ2v) is 5.45. The summed E-state index contributed by atoms with van der Waals surface area (Å²) in [5.41, 5.74) is 2.92. The number of hydrogen-bond donors (Lipinski definition) is 3. The fraction of sp³-hybridized carbons (Fsp3) is 0.467. The molecule has 0 amide bonds. The van der Waals surface area contributed by atoms with Crippen LogP contribution in [-0.2, 0) is 6.54 Å². The number of aromatic nitrogens is 3. The zero-order valence-electron chi connectivity index (χ0n) is 11.4. The lowest BCUT2D eigenvalue weighted by Crippen LogP contribution is -2.21. The molecule has 0 saturated heterocycles. The Morgan fingerprint density at radius 3 is 2.80 bits per heavy atom. The van der Waals surface area contributed by atoms with Gasteiger partial charge in [0.2, 0.25) is 0 Å². The molecule has 1 heterocycles. The standard InChI is InChI=1S/C15H20N4O/c20-13-7-6-11(8-13)9-16-10-14-15(18-19-17-14)12-4-2-1-3-5-12/h1-5,11,13,16,20H,6-10H2,(H,17,18,19). The second-order valence-electron chi connectivity index (χ2n) is 5.45. The summed E-state index contributed by atoms with van der Waals surface area (Å²) in [6.45, 7) is 1.63. The molecule has 1 aliphatic rings. The van der Waals surface area contributed by atoms with Gasteiger partial charge in [-0.1, -0.05) is 30.3 Å². The largest absolute Gasteiger partial charge is 0.393 e. The summed E-state index contributed by atoms with van der Waals surface area (Å²) >= 11 is 0. The van der Waals surface area contributed by atoms with Gasteiger partial charge in [0.05, 0.1) is 6.10 Å². The van der Waals surface area contributed by atoms with E-state index >= 15 is 0 Å². The van der Waals surface area contributed by atoms with Gasteiger partial charge in [0.25, 0.3) is 0 Å². The number of benzene rings is 1. The molecular formula is C15H20N4O. The number of aliphatic hydroxyl groups is 1. The van der Waals surface area contributed by atoms with Crippen LogP contribution in [0.25, 0.3) is 11.3 Å². The maximum absolute atomic E-state index is 9.52. The highest BCUT2D eigenvalue weighted by Gasteiger charge is 2.22. The summed E-state index contributed by atoms with van der Waals surface area (Å²) in [4.78, 5) is 0. The van der Waals surface area contributed by atoms with E-state index in [-0.39, 0.29) is 6.10 Å². The number of aliphatic hydroxyl groups excluding tert-OH is 1. The Kier molecular flexibility index (Phi) is 4.08. The monoisotopic (exact) mass is 272 g/mol. The highest BCUT2D eigenvalue weighted by atomic mass is 16.3. The van der Waals surface area contributed by atoms with Crippen molar-refractivity contribution in [1.82, 2.24) is 20.7 Å².